The van der Waals surface area contributed by atoms with Gasteiger partial charge in [0, 0.05) is 6.42 Å². The molecule has 0 radical (unpaired) electrons. The molecule has 1 fully saturated rings. The number of carbonyl (C=O) groups excluding carboxylic acids is 2. The fourth-order valence-electron chi connectivity index (χ4n) is 2.55. The van der Waals surface area contributed by atoms with Crippen molar-refractivity contribution in [3.63, 3.8) is 0 Å². The Morgan fingerprint density at radius 1 is 1.24 bits per heavy atom. The van der Waals surface area contributed by atoms with Gasteiger partial charge in [-0.05, 0) is 30.9 Å². The fraction of sp³-hybridized carbons (Fsp3) is 0.467. The van der Waals surface area contributed by atoms with E-state index < -0.39 is 21.8 Å². The third kappa shape index (κ3) is 3.50. The van der Waals surface area contributed by atoms with Gasteiger partial charge >= 0.3 is 0 Å². The standard InChI is InChI=1S/C15H19NO4S/c1-10-4-6-11(7-5-10)21(19,20)16-14(18)12-8-15(2,3)9-13(12)17/h4-7,12H,8-9H2,1-3H3,(H,16,18). The molecule has 1 unspecified atom stereocenters. The van der Waals surface area contributed by atoms with Crippen LogP contribution in [-0.2, 0) is 19.6 Å². The summed E-state index contributed by atoms with van der Waals surface area (Å²) in [6.45, 7) is 5.63. The lowest BCUT2D eigenvalue weighted by atomic mass is 9.90. The van der Waals surface area contributed by atoms with E-state index in [0.717, 1.165) is 5.56 Å². The summed E-state index contributed by atoms with van der Waals surface area (Å²) >= 11 is 0. The minimum absolute atomic E-state index is 0.0196. The predicted molar refractivity (Wildman–Crippen MR) is 78.0 cm³/mol. The van der Waals surface area contributed by atoms with Crippen LogP contribution in [0.25, 0.3) is 0 Å². The number of carbonyl (C=O) groups is 2. The molecule has 1 amide bonds. The zero-order valence-electron chi connectivity index (χ0n) is 12.3. The van der Waals surface area contributed by atoms with Crippen LogP contribution in [-0.4, -0.2) is 20.1 Å². The van der Waals surface area contributed by atoms with Crippen molar-refractivity contribution in [1.82, 2.24) is 4.72 Å². The Morgan fingerprint density at radius 2 is 1.81 bits per heavy atom. The summed E-state index contributed by atoms with van der Waals surface area (Å²) in [5.41, 5.74) is 0.667. The third-order valence-electron chi connectivity index (χ3n) is 3.68. The predicted octanol–water partition coefficient (Wildman–Crippen LogP) is 1.81. The number of sulfonamides is 1. The van der Waals surface area contributed by atoms with Crippen LogP contribution in [0.5, 0.6) is 0 Å². The molecule has 5 nitrogen and oxygen atoms in total. The van der Waals surface area contributed by atoms with Crippen molar-refractivity contribution in [2.75, 3.05) is 0 Å². The molecule has 1 aliphatic carbocycles. The second-order valence-electron chi connectivity index (χ2n) is 6.35. The highest BCUT2D eigenvalue weighted by Crippen LogP contribution is 2.38. The zero-order valence-corrected chi connectivity index (χ0v) is 13.2. The summed E-state index contributed by atoms with van der Waals surface area (Å²) in [7, 11) is -3.93. The lowest BCUT2D eigenvalue weighted by molar-refractivity contribution is -0.131. The molecule has 0 aromatic heterocycles. The first kappa shape index (κ1) is 15.7. The van der Waals surface area contributed by atoms with Crippen LogP contribution in [0.2, 0.25) is 0 Å². The van der Waals surface area contributed by atoms with Crippen LogP contribution >= 0.6 is 0 Å². The van der Waals surface area contributed by atoms with Gasteiger partial charge in [-0.15, -0.1) is 0 Å². The van der Waals surface area contributed by atoms with Crippen LogP contribution in [0.15, 0.2) is 29.2 Å². The molecule has 1 N–H and O–H groups in total. The van der Waals surface area contributed by atoms with Gasteiger partial charge in [0.25, 0.3) is 10.0 Å². The normalized spacial score (nSPS) is 21.3. The van der Waals surface area contributed by atoms with E-state index in [1.165, 1.54) is 12.1 Å². The smallest absolute Gasteiger partial charge is 0.264 e. The average Bonchev–Trinajstić information content (AvgIpc) is 2.63. The summed E-state index contributed by atoms with van der Waals surface area (Å²) in [6, 6.07) is 6.18. The number of hydrogen-bond acceptors (Lipinski definition) is 4. The van der Waals surface area contributed by atoms with Crippen LogP contribution in [0.3, 0.4) is 0 Å². The van der Waals surface area contributed by atoms with Crippen LogP contribution in [0.1, 0.15) is 32.3 Å². The maximum atomic E-state index is 12.1. The van der Waals surface area contributed by atoms with Gasteiger partial charge in [-0.1, -0.05) is 31.5 Å². The van der Waals surface area contributed by atoms with Gasteiger partial charge in [-0.2, -0.15) is 0 Å². The van der Waals surface area contributed by atoms with Crippen molar-refractivity contribution in [1.29, 1.82) is 0 Å². The molecule has 0 aliphatic heterocycles. The Kier molecular flexibility index (Phi) is 3.93. The summed E-state index contributed by atoms with van der Waals surface area (Å²) in [6.07, 6.45) is 0.677. The van der Waals surface area contributed by atoms with E-state index in [-0.39, 0.29) is 16.1 Å². The lowest BCUT2D eigenvalue weighted by Crippen LogP contribution is -2.37. The molecular formula is C15H19NO4S. The van der Waals surface area contributed by atoms with E-state index in [1.54, 1.807) is 12.1 Å². The molecule has 0 bridgehead atoms. The molecule has 0 spiro atoms. The van der Waals surface area contributed by atoms with Gasteiger partial charge in [0.2, 0.25) is 5.91 Å². The Bertz CT molecular complexity index is 674. The van der Waals surface area contributed by atoms with Gasteiger partial charge in [0.15, 0.2) is 0 Å². The lowest BCUT2D eigenvalue weighted by Gasteiger charge is -2.15. The molecule has 114 valence electrons. The van der Waals surface area contributed by atoms with Crippen molar-refractivity contribution in [3.8, 4) is 0 Å². The molecule has 1 atom stereocenters. The highest BCUT2D eigenvalue weighted by molar-refractivity contribution is 7.90. The number of Topliss-reactive ketones (excluding diaryl/α,β-unsaturated/α-hetero) is 1. The van der Waals surface area contributed by atoms with E-state index >= 15 is 0 Å². The molecule has 1 aliphatic rings. The number of ketones is 1. The van der Waals surface area contributed by atoms with Crippen molar-refractivity contribution in [2.45, 2.75) is 38.5 Å². The Labute approximate surface area is 124 Å². The number of aryl methyl sites for hydroxylation is 1. The molecule has 1 saturated carbocycles. The van der Waals surface area contributed by atoms with Crippen LogP contribution in [0, 0.1) is 18.3 Å². The summed E-state index contributed by atoms with van der Waals surface area (Å²) in [5.74, 6) is -1.80. The number of hydrogen-bond donors (Lipinski definition) is 1. The van der Waals surface area contributed by atoms with Gasteiger partial charge in [-0.3, -0.25) is 9.59 Å². The molecule has 1 aromatic carbocycles. The quantitative estimate of drug-likeness (QED) is 0.863. The summed E-state index contributed by atoms with van der Waals surface area (Å²) in [4.78, 5) is 24.0. The van der Waals surface area contributed by atoms with E-state index in [9.17, 15) is 18.0 Å². The molecule has 0 heterocycles. The minimum Gasteiger partial charge on any atom is -0.299 e. The van der Waals surface area contributed by atoms with E-state index in [0.29, 0.717) is 12.8 Å². The van der Waals surface area contributed by atoms with Crippen molar-refractivity contribution < 1.29 is 18.0 Å². The second kappa shape index (κ2) is 5.26. The van der Waals surface area contributed by atoms with Crippen molar-refractivity contribution in [3.05, 3.63) is 29.8 Å². The maximum Gasteiger partial charge on any atom is 0.264 e. The number of rotatable bonds is 3. The maximum absolute atomic E-state index is 12.1. The average molecular weight is 309 g/mol. The highest BCUT2D eigenvalue weighted by atomic mass is 32.2. The molecule has 0 saturated heterocycles. The number of amides is 1. The number of benzene rings is 1. The molecule has 6 heteroatoms. The monoisotopic (exact) mass is 309 g/mol. The van der Waals surface area contributed by atoms with E-state index in [4.69, 9.17) is 0 Å². The van der Waals surface area contributed by atoms with E-state index in [2.05, 4.69) is 0 Å². The fourth-order valence-corrected chi connectivity index (χ4v) is 3.57. The van der Waals surface area contributed by atoms with Crippen molar-refractivity contribution in [2.24, 2.45) is 11.3 Å². The topological polar surface area (TPSA) is 80.3 Å². The molecular weight excluding hydrogens is 290 g/mol. The Hall–Kier alpha value is -1.69. The Morgan fingerprint density at radius 3 is 2.29 bits per heavy atom. The zero-order chi connectivity index (χ0) is 15.8. The van der Waals surface area contributed by atoms with Gasteiger partial charge in [0.1, 0.15) is 5.78 Å². The molecule has 21 heavy (non-hydrogen) atoms. The first-order chi connectivity index (χ1) is 9.61. The van der Waals surface area contributed by atoms with Crippen LogP contribution in [0.4, 0.5) is 0 Å². The first-order valence-electron chi connectivity index (χ1n) is 6.77. The third-order valence-corrected chi connectivity index (χ3v) is 5.04. The van der Waals surface area contributed by atoms with Gasteiger partial charge < -0.3 is 0 Å². The van der Waals surface area contributed by atoms with Crippen molar-refractivity contribution >= 4 is 21.7 Å². The SMILES string of the molecule is Cc1ccc(S(=O)(=O)NC(=O)C2CC(C)(C)CC2=O)cc1. The number of nitrogens with one attached hydrogen (secondary N) is 1. The second-order valence-corrected chi connectivity index (χ2v) is 8.03. The largest absolute Gasteiger partial charge is 0.299 e. The highest BCUT2D eigenvalue weighted by Gasteiger charge is 2.42. The first-order valence-corrected chi connectivity index (χ1v) is 8.25. The summed E-state index contributed by atoms with van der Waals surface area (Å²) in [5, 5.41) is 0. The van der Waals surface area contributed by atoms with Crippen LogP contribution < -0.4 is 4.72 Å². The van der Waals surface area contributed by atoms with E-state index in [1.807, 2.05) is 25.5 Å². The Balaban J connectivity index is 2.16. The molecule has 1 aromatic rings. The minimum atomic E-state index is -3.93. The van der Waals surface area contributed by atoms with Gasteiger partial charge in [0.05, 0.1) is 10.8 Å². The van der Waals surface area contributed by atoms with Gasteiger partial charge in [-0.25, -0.2) is 13.1 Å². The summed E-state index contributed by atoms with van der Waals surface area (Å²) < 4.78 is 26.3. The molecule has 2 rings (SSSR count).